The van der Waals surface area contributed by atoms with Crippen LogP contribution in [0.25, 0.3) is 0 Å². The van der Waals surface area contributed by atoms with E-state index >= 15 is 0 Å². The Morgan fingerprint density at radius 3 is 2.62 bits per heavy atom. The molecule has 4 aliphatic carbocycles. The minimum atomic E-state index is 0.00400. The van der Waals surface area contributed by atoms with Crippen LogP contribution >= 0.6 is 0 Å². The van der Waals surface area contributed by atoms with Crippen molar-refractivity contribution in [3.05, 3.63) is 11.6 Å². The number of hydrogen-bond donors (Lipinski definition) is 0. The molecule has 4 rings (SSSR count). The lowest BCUT2D eigenvalue weighted by Crippen LogP contribution is -2.51. The van der Waals surface area contributed by atoms with Crippen LogP contribution in [-0.2, 0) is 14.3 Å². The average molecular weight is 330 g/mol. The average Bonchev–Trinajstić information content (AvgIpc) is 2.92. The fourth-order valence-corrected chi connectivity index (χ4v) is 7.09. The summed E-state index contributed by atoms with van der Waals surface area (Å²) < 4.78 is 5.12. The van der Waals surface area contributed by atoms with Crippen LogP contribution in [0.3, 0.4) is 0 Å². The van der Waals surface area contributed by atoms with Gasteiger partial charge in [0.25, 0.3) is 0 Å². The summed E-state index contributed by atoms with van der Waals surface area (Å²) in [5, 5.41) is 0. The summed E-state index contributed by atoms with van der Waals surface area (Å²) in [7, 11) is 1.53. The molecule has 0 bridgehead atoms. The van der Waals surface area contributed by atoms with Gasteiger partial charge in [-0.1, -0.05) is 19.4 Å². The van der Waals surface area contributed by atoms with Crippen molar-refractivity contribution in [2.45, 2.75) is 65.2 Å². The van der Waals surface area contributed by atoms with Gasteiger partial charge in [0.15, 0.2) is 5.78 Å². The smallest absolute Gasteiger partial charge is 0.309 e. The summed E-state index contributed by atoms with van der Waals surface area (Å²) >= 11 is 0. The summed E-state index contributed by atoms with van der Waals surface area (Å²) in [5.74, 6) is 2.48. The zero-order chi connectivity index (χ0) is 17.1. The molecule has 0 aromatic heterocycles. The Bertz CT molecular complexity index is 606. The number of ether oxygens (including phenoxy) is 1. The van der Waals surface area contributed by atoms with E-state index in [9.17, 15) is 9.59 Å². The van der Waals surface area contributed by atoms with E-state index in [2.05, 4.69) is 13.8 Å². The van der Waals surface area contributed by atoms with Gasteiger partial charge in [0, 0.05) is 6.42 Å². The number of esters is 1. The molecule has 0 aromatic rings. The Balaban J connectivity index is 1.65. The fourth-order valence-electron chi connectivity index (χ4n) is 7.09. The minimum Gasteiger partial charge on any atom is -0.469 e. The van der Waals surface area contributed by atoms with Crippen LogP contribution in [-0.4, -0.2) is 18.9 Å². The first kappa shape index (κ1) is 16.4. The molecule has 6 atom stereocenters. The van der Waals surface area contributed by atoms with Gasteiger partial charge in [-0.3, -0.25) is 9.59 Å². The molecule has 0 amide bonds. The molecular formula is C21H30O3. The van der Waals surface area contributed by atoms with Crippen molar-refractivity contribution in [3.63, 3.8) is 0 Å². The Morgan fingerprint density at radius 1 is 1.08 bits per heavy atom. The summed E-state index contributed by atoms with van der Waals surface area (Å²) in [6.45, 7) is 4.76. The van der Waals surface area contributed by atoms with E-state index in [1.54, 1.807) is 0 Å². The summed E-state index contributed by atoms with van der Waals surface area (Å²) in [5.41, 5.74) is 1.77. The van der Waals surface area contributed by atoms with Gasteiger partial charge in [0.1, 0.15) is 0 Å². The van der Waals surface area contributed by atoms with E-state index < -0.39 is 0 Å². The molecule has 6 unspecified atom stereocenters. The molecule has 0 aromatic carbocycles. The number of methoxy groups -OCH3 is 1. The minimum absolute atomic E-state index is 0.00400. The van der Waals surface area contributed by atoms with E-state index in [0.29, 0.717) is 23.5 Å². The van der Waals surface area contributed by atoms with Crippen molar-refractivity contribution in [1.29, 1.82) is 0 Å². The van der Waals surface area contributed by atoms with Gasteiger partial charge in [-0.25, -0.2) is 0 Å². The molecule has 3 saturated carbocycles. The second-order valence-electron chi connectivity index (χ2n) is 9.17. The molecule has 24 heavy (non-hydrogen) atoms. The molecule has 0 radical (unpaired) electrons. The van der Waals surface area contributed by atoms with Crippen LogP contribution in [0.2, 0.25) is 0 Å². The number of fused-ring (bicyclic) bond motifs is 5. The topological polar surface area (TPSA) is 43.4 Å². The normalized spacial score (nSPS) is 47.3. The van der Waals surface area contributed by atoms with Crippen molar-refractivity contribution in [2.24, 2.45) is 34.5 Å². The maximum absolute atomic E-state index is 12.3. The summed E-state index contributed by atoms with van der Waals surface area (Å²) in [4.78, 5) is 24.2. The zero-order valence-corrected chi connectivity index (χ0v) is 15.3. The number of rotatable bonds is 1. The van der Waals surface area contributed by atoms with Crippen molar-refractivity contribution in [1.82, 2.24) is 0 Å². The van der Waals surface area contributed by atoms with Crippen molar-refractivity contribution in [2.75, 3.05) is 7.11 Å². The Labute approximate surface area is 145 Å². The zero-order valence-electron chi connectivity index (χ0n) is 15.3. The first-order chi connectivity index (χ1) is 11.4. The van der Waals surface area contributed by atoms with Crippen LogP contribution in [0.5, 0.6) is 0 Å². The number of carbonyl (C=O) groups is 2. The largest absolute Gasteiger partial charge is 0.469 e. The lowest BCUT2D eigenvalue weighted by molar-refractivity contribution is -0.152. The molecule has 0 N–H and O–H groups in total. The highest BCUT2D eigenvalue weighted by molar-refractivity contribution is 5.91. The number of allylic oxidation sites excluding steroid dienone is 1. The van der Waals surface area contributed by atoms with Gasteiger partial charge in [0.2, 0.25) is 0 Å². The van der Waals surface area contributed by atoms with Crippen LogP contribution in [0.4, 0.5) is 0 Å². The standard InChI is InChI=1S/C21H30O3/c1-20-10-8-14(22)12-13(20)4-5-15-16-6-7-18(19(23)24-3)21(16,2)11-9-17(15)20/h12,15-18H,4-11H2,1-3H3. The van der Waals surface area contributed by atoms with Crippen molar-refractivity contribution in [3.8, 4) is 0 Å². The molecule has 0 heterocycles. The van der Waals surface area contributed by atoms with Gasteiger partial charge in [-0.05, 0) is 79.6 Å². The molecule has 132 valence electrons. The SMILES string of the molecule is COC(=O)C1CCC2C3CCC4=CC(=O)CCC4(C)C3CCC12C. The van der Waals surface area contributed by atoms with Crippen LogP contribution in [0.1, 0.15) is 65.2 Å². The fraction of sp³-hybridized carbons (Fsp3) is 0.810. The highest BCUT2D eigenvalue weighted by atomic mass is 16.5. The van der Waals surface area contributed by atoms with Gasteiger partial charge in [0.05, 0.1) is 13.0 Å². The number of ketones is 1. The number of hydrogen-bond acceptors (Lipinski definition) is 3. The second kappa shape index (κ2) is 5.44. The molecule has 0 saturated heterocycles. The Kier molecular flexibility index (Phi) is 3.71. The third-order valence-electron chi connectivity index (χ3n) is 8.45. The second-order valence-corrected chi connectivity index (χ2v) is 9.17. The van der Waals surface area contributed by atoms with Gasteiger partial charge < -0.3 is 4.74 Å². The first-order valence-corrected chi connectivity index (χ1v) is 9.72. The van der Waals surface area contributed by atoms with Crippen molar-refractivity contribution >= 4 is 11.8 Å². The van der Waals surface area contributed by atoms with E-state index in [0.717, 1.165) is 32.1 Å². The molecular weight excluding hydrogens is 300 g/mol. The Morgan fingerprint density at radius 2 is 1.88 bits per heavy atom. The number of carbonyl (C=O) groups excluding carboxylic acids is 2. The maximum atomic E-state index is 12.3. The molecule has 3 fully saturated rings. The van der Waals surface area contributed by atoms with E-state index in [4.69, 9.17) is 4.74 Å². The third kappa shape index (κ3) is 2.09. The van der Waals surface area contributed by atoms with Crippen LogP contribution in [0.15, 0.2) is 11.6 Å². The van der Waals surface area contributed by atoms with Crippen molar-refractivity contribution < 1.29 is 14.3 Å². The first-order valence-electron chi connectivity index (χ1n) is 9.72. The van der Waals surface area contributed by atoms with Crippen LogP contribution < -0.4 is 0 Å². The Hall–Kier alpha value is -1.12. The predicted octanol–water partition coefficient (Wildman–Crippen LogP) is 4.31. The molecule has 0 aliphatic heterocycles. The van der Waals surface area contributed by atoms with Gasteiger partial charge in [-0.2, -0.15) is 0 Å². The molecule has 3 nitrogen and oxygen atoms in total. The van der Waals surface area contributed by atoms with Gasteiger partial charge >= 0.3 is 5.97 Å². The monoisotopic (exact) mass is 330 g/mol. The van der Waals surface area contributed by atoms with Gasteiger partial charge in [-0.15, -0.1) is 0 Å². The highest BCUT2D eigenvalue weighted by Gasteiger charge is 2.60. The molecule has 4 aliphatic rings. The molecule has 0 spiro atoms. The van der Waals surface area contributed by atoms with E-state index in [1.165, 1.54) is 31.9 Å². The lowest BCUT2D eigenvalue weighted by Gasteiger charge is -2.57. The summed E-state index contributed by atoms with van der Waals surface area (Å²) in [6, 6.07) is 0. The van der Waals surface area contributed by atoms with E-state index in [-0.39, 0.29) is 22.7 Å². The summed E-state index contributed by atoms with van der Waals surface area (Å²) in [6.07, 6.45) is 10.5. The van der Waals surface area contributed by atoms with Crippen LogP contribution in [0, 0.1) is 34.5 Å². The third-order valence-corrected chi connectivity index (χ3v) is 8.45. The lowest BCUT2D eigenvalue weighted by atomic mass is 9.47. The van der Waals surface area contributed by atoms with E-state index in [1.807, 2.05) is 6.08 Å². The predicted molar refractivity (Wildman–Crippen MR) is 92.2 cm³/mol. The molecule has 3 heteroatoms. The quantitative estimate of drug-likeness (QED) is 0.673. The highest BCUT2D eigenvalue weighted by Crippen LogP contribution is 2.66. The maximum Gasteiger partial charge on any atom is 0.309 e.